The van der Waals surface area contributed by atoms with E-state index in [4.69, 9.17) is 0 Å². The van der Waals surface area contributed by atoms with Crippen molar-refractivity contribution in [1.82, 2.24) is 4.90 Å². The van der Waals surface area contributed by atoms with Gasteiger partial charge < -0.3 is 5.11 Å². The molecule has 1 aliphatic heterocycles. The largest absolute Gasteiger partial charge is 0.481 e. The Labute approximate surface area is 128 Å². The van der Waals surface area contributed by atoms with Crippen LogP contribution in [0.15, 0.2) is 30.3 Å². The third-order valence-corrected chi connectivity index (χ3v) is 4.75. The Kier molecular flexibility index (Phi) is 5.04. The molecule has 1 aliphatic rings. The molecule has 0 aromatic heterocycles. The fraction of sp³-hybridized carbons (Fsp3) is 0.611. The van der Waals surface area contributed by atoms with Crippen molar-refractivity contribution in [2.75, 3.05) is 13.1 Å². The summed E-state index contributed by atoms with van der Waals surface area (Å²) in [6, 6.07) is 10.1. The monoisotopic (exact) mass is 289 g/mol. The Hall–Kier alpha value is -1.35. The minimum Gasteiger partial charge on any atom is -0.481 e. The topological polar surface area (TPSA) is 40.5 Å². The van der Waals surface area contributed by atoms with Gasteiger partial charge in [-0.25, -0.2) is 0 Å². The number of rotatable bonds is 4. The Bertz CT molecular complexity index is 456. The number of hydrogen-bond donors (Lipinski definition) is 1. The van der Waals surface area contributed by atoms with Gasteiger partial charge in [-0.2, -0.15) is 0 Å². The molecule has 0 spiro atoms. The fourth-order valence-electron chi connectivity index (χ4n) is 3.38. The lowest BCUT2D eigenvalue weighted by Gasteiger charge is -2.41. The molecule has 1 unspecified atom stereocenters. The van der Waals surface area contributed by atoms with Crippen LogP contribution < -0.4 is 0 Å². The molecule has 1 heterocycles. The molecule has 1 atom stereocenters. The fourth-order valence-corrected chi connectivity index (χ4v) is 3.38. The van der Waals surface area contributed by atoms with Gasteiger partial charge in [-0.3, -0.25) is 9.69 Å². The Balaban J connectivity index is 2.08. The molecular weight excluding hydrogens is 262 g/mol. The molecular formula is C18H27NO2. The van der Waals surface area contributed by atoms with Gasteiger partial charge in [0.2, 0.25) is 0 Å². The molecule has 1 N–H and O–H groups in total. The molecule has 1 saturated heterocycles. The summed E-state index contributed by atoms with van der Waals surface area (Å²) in [6.45, 7) is 8.90. The van der Waals surface area contributed by atoms with Gasteiger partial charge in [0.1, 0.15) is 0 Å². The van der Waals surface area contributed by atoms with Crippen molar-refractivity contribution in [3.8, 4) is 0 Å². The molecule has 21 heavy (non-hydrogen) atoms. The molecule has 1 aromatic rings. The van der Waals surface area contributed by atoms with Crippen LogP contribution in [0.25, 0.3) is 0 Å². The average molecular weight is 289 g/mol. The Morgan fingerprint density at radius 2 is 1.81 bits per heavy atom. The van der Waals surface area contributed by atoms with E-state index in [1.165, 1.54) is 0 Å². The lowest BCUT2D eigenvalue weighted by molar-refractivity contribution is -0.138. The van der Waals surface area contributed by atoms with Gasteiger partial charge in [0.05, 0.1) is 6.42 Å². The van der Waals surface area contributed by atoms with Crippen LogP contribution in [-0.2, 0) is 4.79 Å². The highest BCUT2D eigenvalue weighted by atomic mass is 16.4. The van der Waals surface area contributed by atoms with Gasteiger partial charge in [-0.15, -0.1) is 0 Å². The quantitative estimate of drug-likeness (QED) is 0.912. The standard InChI is InChI=1S/C18H27NO2/c1-18(2,3)15-9-11-19(12-10-15)16(13-17(20)21)14-7-5-4-6-8-14/h4-8,15-16H,9-13H2,1-3H3,(H,20,21). The van der Waals surface area contributed by atoms with Gasteiger partial charge in [0.15, 0.2) is 0 Å². The lowest BCUT2D eigenvalue weighted by atomic mass is 9.75. The molecule has 1 fully saturated rings. The summed E-state index contributed by atoms with van der Waals surface area (Å²) in [6.07, 6.45) is 2.50. The number of nitrogens with zero attached hydrogens (tertiary/aromatic N) is 1. The van der Waals surface area contributed by atoms with Crippen LogP contribution in [0, 0.1) is 11.3 Å². The van der Waals surface area contributed by atoms with Crippen LogP contribution in [0.5, 0.6) is 0 Å². The Morgan fingerprint density at radius 1 is 1.24 bits per heavy atom. The van der Waals surface area contributed by atoms with Crippen LogP contribution in [-0.4, -0.2) is 29.1 Å². The molecule has 0 amide bonds. The van der Waals surface area contributed by atoms with Gasteiger partial charge >= 0.3 is 5.97 Å². The highest BCUT2D eigenvalue weighted by Gasteiger charge is 2.32. The van der Waals surface area contributed by atoms with Crippen LogP contribution in [0.2, 0.25) is 0 Å². The number of carboxylic acids is 1. The van der Waals surface area contributed by atoms with Crippen LogP contribution in [0.1, 0.15) is 51.6 Å². The van der Waals surface area contributed by atoms with Crippen molar-refractivity contribution >= 4 is 5.97 Å². The third-order valence-electron chi connectivity index (χ3n) is 4.75. The van der Waals surface area contributed by atoms with Crippen molar-refractivity contribution in [1.29, 1.82) is 0 Å². The van der Waals surface area contributed by atoms with Crippen molar-refractivity contribution < 1.29 is 9.90 Å². The van der Waals surface area contributed by atoms with Crippen LogP contribution >= 0.6 is 0 Å². The smallest absolute Gasteiger partial charge is 0.305 e. The summed E-state index contributed by atoms with van der Waals surface area (Å²) in [5.74, 6) is 0.0109. The summed E-state index contributed by atoms with van der Waals surface area (Å²) in [5.41, 5.74) is 1.47. The van der Waals surface area contributed by atoms with E-state index in [9.17, 15) is 9.90 Å². The highest BCUT2D eigenvalue weighted by Crippen LogP contribution is 2.37. The van der Waals surface area contributed by atoms with Crippen molar-refractivity contribution in [2.45, 2.75) is 46.1 Å². The minimum atomic E-state index is -0.721. The molecule has 0 aliphatic carbocycles. The molecule has 0 bridgehead atoms. The number of carbonyl (C=O) groups is 1. The number of aliphatic carboxylic acids is 1. The van der Waals surface area contributed by atoms with Gasteiger partial charge in [-0.1, -0.05) is 51.1 Å². The SMILES string of the molecule is CC(C)(C)C1CCN(C(CC(=O)O)c2ccccc2)CC1. The molecule has 0 saturated carbocycles. The van der Waals surface area contributed by atoms with E-state index in [0.717, 1.165) is 37.4 Å². The predicted octanol–water partition coefficient (Wildman–Crippen LogP) is 3.96. The van der Waals surface area contributed by atoms with Gasteiger partial charge in [0, 0.05) is 6.04 Å². The predicted molar refractivity (Wildman–Crippen MR) is 85.2 cm³/mol. The van der Waals surface area contributed by atoms with Crippen molar-refractivity contribution in [2.24, 2.45) is 11.3 Å². The van der Waals surface area contributed by atoms with E-state index in [-0.39, 0.29) is 12.5 Å². The van der Waals surface area contributed by atoms with E-state index in [1.54, 1.807) is 0 Å². The summed E-state index contributed by atoms with van der Waals surface area (Å²) in [7, 11) is 0. The second kappa shape index (κ2) is 6.61. The molecule has 2 rings (SSSR count). The van der Waals surface area contributed by atoms with E-state index in [1.807, 2.05) is 30.3 Å². The van der Waals surface area contributed by atoms with Crippen LogP contribution in [0.3, 0.4) is 0 Å². The van der Waals surface area contributed by atoms with Gasteiger partial charge in [-0.05, 0) is 42.8 Å². The first-order chi connectivity index (χ1) is 9.88. The molecule has 0 radical (unpaired) electrons. The second-order valence-corrected chi connectivity index (χ2v) is 7.20. The average Bonchev–Trinajstić information content (AvgIpc) is 2.45. The maximum atomic E-state index is 11.2. The molecule has 116 valence electrons. The van der Waals surface area contributed by atoms with Crippen molar-refractivity contribution in [3.05, 3.63) is 35.9 Å². The normalized spacial score (nSPS) is 19.4. The van der Waals surface area contributed by atoms with E-state index >= 15 is 0 Å². The summed E-state index contributed by atoms with van der Waals surface area (Å²) >= 11 is 0. The minimum absolute atomic E-state index is 0.00428. The summed E-state index contributed by atoms with van der Waals surface area (Å²) in [5, 5.41) is 9.23. The first kappa shape index (κ1) is 16.0. The zero-order chi connectivity index (χ0) is 15.5. The highest BCUT2D eigenvalue weighted by molar-refractivity contribution is 5.68. The van der Waals surface area contributed by atoms with E-state index in [0.29, 0.717) is 5.41 Å². The number of carboxylic acid groups (broad SMARTS) is 1. The van der Waals surface area contributed by atoms with Crippen molar-refractivity contribution in [3.63, 3.8) is 0 Å². The third kappa shape index (κ3) is 4.31. The number of hydrogen-bond acceptors (Lipinski definition) is 2. The van der Waals surface area contributed by atoms with Gasteiger partial charge in [0.25, 0.3) is 0 Å². The maximum absolute atomic E-state index is 11.2. The van der Waals surface area contributed by atoms with Crippen LogP contribution in [0.4, 0.5) is 0 Å². The van der Waals surface area contributed by atoms with E-state index in [2.05, 4.69) is 25.7 Å². The molecule has 3 nitrogen and oxygen atoms in total. The maximum Gasteiger partial charge on any atom is 0.305 e. The lowest BCUT2D eigenvalue weighted by Crippen LogP contribution is -2.40. The van der Waals surface area contributed by atoms with E-state index < -0.39 is 5.97 Å². The molecule has 3 heteroatoms. The summed E-state index contributed by atoms with van der Waals surface area (Å²) in [4.78, 5) is 13.6. The number of benzene rings is 1. The molecule has 1 aromatic carbocycles. The summed E-state index contributed by atoms with van der Waals surface area (Å²) < 4.78 is 0. The Morgan fingerprint density at radius 3 is 2.29 bits per heavy atom. The first-order valence-corrected chi connectivity index (χ1v) is 7.88. The number of piperidine rings is 1. The zero-order valence-electron chi connectivity index (χ0n) is 13.4. The second-order valence-electron chi connectivity index (χ2n) is 7.20. The zero-order valence-corrected chi connectivity index (χ0v) is 13.4. The first-order valence-electron chi connectivity index (χ1n) is 7.88. The number of likely N-dealkylation sites (tertiary alicyclic amines) is 1.